The lowest BCUT2D eigenvalue weighted by Gasteiger charge is -2.18. The van der Waals surface area contributed by atoms with Gasteiger partial charge in [-0.25, -0.2) is 0 Å². The maximum Gasteiger partial charge on any atom is 0.141 e. The van der Waals surface area contributed by atoms with Crippen LogP contribution in [0.15, 0.2) is 36.9 Å². The van der Waals surface area contributed by atoms with Crippen molar-refractivity contribution in [1.82, 2.24) is 0 Å². The molecule has 0 amide bonds. The summed E-state index contributed by atoms with van der Waals surface area (Å²) in [5.74, 6) is -0.819. The lowest BCUT2D eigenvalue weighted by molar-refractivity contribution is -0.313. The van der Waals surface area contributed by atoms with Crippen molar-refractivity contribution in [3.8, 4) is 5.75 Å². The molecule has 3 nitrogen and oxygen atoms in total. The van der Waals surface area contributed by atoms with Gasteiger partial charge in [-0.05, 0) is 24.3 Å². The number of hydrogen-bond donors (Lipinski definition) is 0. The summed E-state index contributed by atoms with van der Waals surface area (Å²) in [6, 6.07) is 6.44. The first-order valence-corrected chi connectivity index (χ1v) is 4.75. The van der Waals surface area contributed by atoms with E-state index in [0.717, 1.165) is 0 Å². The molecule has 0 N–H and O–H groups in total. The lowest BCUT2D eigenvalue weighted by Crippen LogP contribution is -2.39. The van der Waals surface area contributed by atoms with Gasteiger partial charge in [-0.1, -0.05) is 17.7 Å². The zero-order chi connectivity index (χ0) is 11.3. The van der Waals surface area contributed by atoms with E-state index in [1.807, 2.05) is 0 Å². The molecule has 0 radical (unpaired) electrons. The van der Waals surface area contributed by atoms with Gasteiger partial charge >= 0.3 is 0 Å². The SMILES string of the molecule is C=CCC(Oc1ccc(Cl)cc1)C(=O)[O-]. The molecule has 0 aromatic heterocycles. The highest BCUT2D eigenvalue weighted by molar-refractivity contribution is 6.30. The van der Waals surface area contributed by atoms with Gasteiger partial charge in [0.25, 0.3) is 0 Å². The zero-order valence-electron chi connectivity index (χ0n) is 7.98. The summed E-state index contributed by atoms with van der Waals surface area (Å²) in [5.41, 5.74) is 0. The van der Waals surface area contributed by atoms with E-state index in [1.54, 1.807) is 24.3 Å². The largest absolute Gasteiger partial charge is 0.546 e. The van der Waals surface area contributed by atoms with Crippen molar-refractivity contribution in [1.29, 1.82) is 0 Å². The monoisotopic (exact) mass is 225 g/mol. The molecular weight excluding hydrogens is 216 g/mol. The number of benzene rings is 1. The molecule has 0 aliphatic heterocycles. The second kappa shape index (κ2) is 5.41. The average molecular weight is 226 g/mol. The first-order valence-electron chi connectivity index (χ1n) is 4.37. The number of ether oxygens (including phenoxy) is 1. The molecule has 0 fully saturated rings. The highest BCUT2D eigenvalue weighted by atomic mass is 35.5. The van der Waals surface area contributed by atoms with E-state index in [2.05, 4.69) is 6.58 Å². The Kier molecular flexibility index (Phi) is 4.18. The highest BCUT2D eigenvalue weighted by Gasteiger charge is 2.09. The Balaban J connectivity index is 2.69. The van der Waals surface area contributed by atoms with E-state index < -0.39 is 12.1 Å². The Hall–Kier alpha value is -1.48. The molecule has 1 aromatic rings. The molecular formula is C11H10ClO3-. The van der Waals surface area contributed by atoms with Crippen LogP contribution in [0.5, 0.6) is 5.75 Å². The number of aliphatic carboxylic acids is 1. The molecule has 0 heterocycles. The number of carboxylic acids is 1. The number of hydrogen-bond acceptors (Lipinski definition) is 3. The minimum atomic E-state index is -1.26. The van der Waals surface area contributed by atoms with E-state index >= 15 is 0 Å². The molecule has 4 heteroatoms. The molecule has 0 aliphatic carbocycles. The van der Waals surface area contributed by atoms with E-state index in [-0.39, 0.29) is 6.42 Å². The Morgan fingerprint density at radius 3 is 2.60 bits per heavy atom. The second-order valence-corrected chi connectivity index (χ2v) is 3.34. The van der Waals surface area contributed by atoms with Crippen LogP contribution in [0.3, 0.4) is 0 Å². The van der Waals surface area contributed by atoms with Gasteiger partial charge in [0.2, 0.25) is 0 Å². The van der Waals surface area contributed by atoms with Gasteiger partial charge in [0.15, 0.2) is 0 Å². The molecule has 80 valence electrons. The number of carboxylic acid groups (broad SMARTS) is 1. The standard InChI is InChI=1S/C11H11ClO3/c1-2-3-10(11(13)14)15-9-6-4-8(12)5-7-9/h2,4-7,10H,1,3H2,(H,13,14)/p-1. The summed E-state index contributed by atoms with van der Waals surface area (Å²) in [7, 11) is 0. The van der Waals surface area contributed by atoms with Gasteiger partial charge in [-0.15, -0.1) is 6.58 Å². The first kappa shape index (κ1) is 11.6. The molecule has 1 rings (SSSR count). The number of carbonyl (C=O) groups excluding carboxylic acids is 1. The Morgan fingerprint density at radius 2 is 2.13 bits per heavy atom. The minimum absolute atomic E-state index is 0.199. The van der Waals surface area contributed by atoms with Gasteiger partial charge < -0.3 is 14.6 Å². The third kappa shape index (κ3) is 3.64. The van der Waals surface area contributed by atoms with Crippen LogP contribution in [0.1, 0.15) is 6.42 Å². The highest BCUT2D eigenvalue weighted by Crippen LogP contribution is 2.17. The van der Waals surface area contributed by atoms with Crippen LogP contribution in [-0.2, 0) is 4.79 Å². The molecule has 0 aliphatic rings. The zero-order valence-corrected chi connectivity index (χ0v) is 8.74. The predicted octanol–water partition coefficient (Wildman–Crippen LogP) is 1.41. The minimum Gasteiger partial charge on any atom is -0.546 e. The molecule has 1 atom stereocenters. The van der Waals surface area contributed by atoms with Crippen molar-refractivity contribution in [2.45, 2.75) is 12.5 Å². The average Bonchev–Trinajstić information content (AvgIpc) is 2.20. The van der Waals surface area contributed by atoms with Crippen LogP contribution in [-0.4, -0.2) is 12.1 Å². The Morgan fingerprint density at radius 1 is 1.53 bits per heavy atom. The molecule has 1 aromatic carbocycles. The molecule has 0 saturated carbocycles. The number of rotatable bonds is 5. The van der Waals surface area contributed by atoms with Crippen LogP contribution < -0.4 is 9.84 Å². The number of halogens is 1. The summed E-state index contributed by atoms with van der Waals surface area (Å²) in [5, 5.41) is 11.2. The third-order valence-electron chi connectivity index (χ3n) is 1.74. The Labute approximate surface area is 92.9 Å². The molecule has 15 heavy (non-hydrogen) atoms. The second-order valence-electron chi connectivity index (χ2n) is 2.90. The first-order chi connectivity index (χ1) is 7.13. The topological polar surface area (TPSA) is 49.4 Å². The maximum atomic E-state index is 10.7. The van der Waals surface area contributed by atoms with Crippen molar-refractivity contribution >= 4 is 17.6 Å². The van der Waals surface area contributed by atoms with Gasteiger partial charge in [-0.3, -0.25) is 0 Å². The van der Waals surface area contributed by atoms with Crippen LogP contribution >= 0.6 is 11.6 Å². The van der Waals surface area contributed by atoms with Crippen LogP contribution in [0.2, 0.25) is 5.02 Å². The summed E-state index contributed by atoms with van der Waals surface area (Å²) < 4.78 is 5.18. The van der Waals surface area contributed by atoms with Gasteiger partial charge in [-0.2, -0.15) is 0 Å². The van der Waals surface area contributed by atoms with Crippen molar-refractivity contribution < 1.29 is 14.6 Å². The lowest BCUT2D eigenvalue weighted by atomic mass is 10.2. The Bertz CT molecular complexity index is 345. The van der Waals surface area contributed by atoms with E-state index in [0.29, 0.717) is 10.8 Å². The fourth-order valence-corrected chi connectivity index (χ4v) is 1.15. The van der Waals surface area contributed by atoms with Crippen molar-refractivity contribution in [3.63, 3.8) is 0 Å². The van der Waals surface area contributed by atoms with E-state index in [1.165, 1.54) is 6.08 Å². The van der Waals surface area contributed by atoms with Crippen LogP contribution in [0.25, 0.3) is 0 Å². The van der Waals surface area contributed by atoms with Gasteiger partial charge in [0.05, 0.1) is 5.97 Å². The summed E-state index contributed by atoms with van der Waals surface area (Å²) in [6.45, 7) is 3.45. The predicted molar refractivity (Wildman–Crippen MR) is 55.7 cm³/mol. The maximum absolute atomic E-state index is 10.7. The fourth-order valence-electron chi connectivity index (χ4n) is 1.02. The van der Waals surface area contributed by atoms with Gasteiger partial charge in [0, 0.05) is 11.4 Å². The van der Waals surface area contributed by atoms with E-state index in [9.17, 15) is 9.90 Å². The van der Waals surface area contributed by atoms with Gasteiger partial charge in [0.1, 0.15) is 11.9 Å². The van der Waals surface area contributed by atoms with Crippen LogP contribution in [0, 0.1) is 0 Å². The van der Waals surface area contributed by atoms with Crippen LogP contribution in [0.4, 0.5) is 0 Å². The van der Waals surface area contributed by atoms with Crippen molar-refractivity contribution in [2.75, 3.05) is 0 Å². The van der Waals surface area contributed by atoms with E-state index in [4.69, 9.17) is 16.3 Å². The molecule has 0 spiro atoms. The summed E-state index contributed by atoms with van der Waals surface area (Å²) in [6.07, 6.45) is 0.658. The third-order valence-corrected chi connectivity index (χ3v) is 1.99. The molecule has 0 bridgehead atoms. The van der Waals surface area contributed by atoms with Crippen molar-refractivity contribution in [3.05, 3.63) is 41.9 Å². The summed E-state index contributed by atoms with van der Waals surface area (Å²) >= 11 is 5.67. The fraction of sp³-hybridized carbons (Fsp3) is 0.182. The van der Waals surface area contributed by atoms with Crippen molar-refractivity contribution in [2.24, 2.45) is 0 Å². The number of carbonyl (C=O) groups is 1. The molecule has 1 unspecified atom stereocenters. The normalized spacial score (nSPS) is 11.8. The summed E-state index contributed by atoms with van der Waals surface area (Å²) in [4.78, 5) is 10.7. The smallest absolute Gasteiger partial charge is 0.141 e. The molecule has 0 saturated heterocycles. The quantitative estimate of drug-likeness (QED) is 0.712.